The lowest BCUT2D eigenvalue weighted by atomic mass is 9.83. The maximum Gasteiger partial charge on any atom is 0.224 e. The van der Waals surface area contributed by atoms with Crippen molar-refractivity contribution >= 4 is 11.8 Å². The molecule has 0 saturated heterocycles. The first-order chi connectivity index (χ1) is 8.29. The molecule has 1 aromatic rings. The van der Waals surface area contributed by atoms with E-state index < -0.39 is 0 Å². The van der Waals surface area contributed by atoms with Gasteiger partial charge in [-0.25, -0.2) is 4.98 Å². The topological polar surface area (TPSA) is 49.8 Å². The minimum absolute atomic E-state index is 0.712. The zero-order valence-electron chi connectivity index (χ0n) is 10.8. The molecule has 1 fully saturated rings. The minimum Gasteiger partial charge on any atom is -0.370 e. The minimum atomic E-state index is 0.712. The van der Waals surface area contributed by atoms with E-state index in [1.807, 2.05) is 20.0 Å². The number of hydrogen-bond acceptors (Lipinski definition) is 4. The van der Waals surface area contributed by atoms with Crippen LogP contribution in [0.15, 0.2) is 6.20 Å². The van der Waals surface area contributed by atoms with E-state index in [9.17, 15) is 0 Å². The summed E-state index contributed by atoms with van der Waals surface area (Å²) in [5.41, 5.74) is 1.11. The molecule has 4 nitrogen and oxygen atoms in total. The van der Waals surface area contributed by atoms with Crippen LogP contribution in [0.25, 0.3) is 0 Å². The van der Waals surface area contributed by atoms with Crippen molar-refractivity contribution in [3.8, 4) is 0 Å². The van der Waals surface area contributed by atoms with Crippen LogP contribution in [0.4, 0.5) is 11.8 Å². The van der Waals surface area contributed by atoms with Gasteiger partial charge in [-0.2, -0.15) is 4.98 Å². The smallest absolute Gasteiger partial charge is 0.224 e. The molecule has 0 atom stereocenters. The van der Waals surface area contributed by atoms with Crippen LogP contribution in [-0.4, -0.2) is 23.1 Å². The van der Waals surface area contributed by atoms with Crippen LogP contribution in [-0.2, 0) is 0 Å². The number of nitrogens with one attached hydrogen (secondary N) is 2. The molecule has 0 bridgehead atoms. The highest BCUT2D eigenvalue weighted by Crippen LogP contribution is 2.29. The van der Waals surface area contributed by atoms with Crippen molar-refractivity contribution in [3.63, 3.8) is 0 Å². The lowest BCUT2D eigenvalue weighted by Crippen LogP contribution is -2.16. The molecule has 94 valence electrons. The Kier molecular flexibility index (Phi) is 4.18. The fourth-order valence-electron chi connectivity index (χ4n) is 2.04. The van der Waals surface area contributed by atoms with Gasteiger partial charge in [0.25, 0.3) is 0 Å². The second-order valence-electron chi connectivity index (χ2n) is 4.77. The summed E-state index contributed by atoms with van der Waals surface area (Å²) in [5, 5.41) is 6.55. The van der Waals surface area contributed by atoms with Gasteiger partial charge >= 0.3 is 0 Å². The predicted octanol–water partition coefficient (Wildman–Crippen LogP) is 2.82. The standard InChI is InChI=1S/C13H22N4/c1-3-14-13-16-9-10(2)12(17-13)15-8-7-11-5-4-6-11/h9,11H,3-8H2,1-2H3,(H2,14,15,16,17). The van der Waals surface area contributed by atoms with E-state index in [0.717, 1.165) is 30.4 Å². The Morgan fingerprint density at radius 3 is 2.82 bits per heavy atom. The fourth-order valence-corrected chi connectivity index (χ4v) is 2.04. The highest BCUT2D eigenvalue weighted by molar-refractivity contribution is 5.46. The molecular weight excluding hydrogens is 212 g/mol. The lowest BCUT2D eigenvalue weighted by Gasteiger charge is -2.25. The zero-order chi connectivity index (χ0) is 12.1. The Balaban J connectivity index is 1.86. The Labute approximate surface area is 103 Å². The fraction of sp³-hybridized carbons (Fsp3) is 0.692. The molecule has 0 unspecified atom stereocenters. The van der Waals surface area contributed by atoms with E-state index in [-0.39, 0.29) is 0 Å². The molecule has 0 spiro atoms. The van der Waals surface area contributed by atoms with E-state index in [1.54, 1.807) is 0 Å². The first kappa shape index (κ1) is 12.1. The Hall–Kier alpha value is -1.32. The molecule has 2 rings (SSSR count). The quantitative estimate of drug-likeness (QED) is 0.794. The van der Waals surface area contributed by atoms with Crippen LogP contribution < -0.4 is 10.6 Å². The monoisotopic (exact) mass is 234 g/mol. The van der Waals surface area contributed by atoms with Gasteiger partial charge in [0.2, 0.25) is 5.95 Å². The predicted molar refractivity (Wildman–Crippen MR) is 71.4 cm³/mol. The summed E-state index contributed by atoms with van der Waals surface area (Å²) in [6.07, 6.45) is 7.37. The Bertz CT molecular complexity index is 360. The summed E-state index contributed by atoms with van der Waals surface area (Å²) < 4.78 is 0. The molecular formula is C13H22N4. The molecule has 2 N–H and O–H groups in total. The van der Waals surface area contributed by atoms with Gasteiger partial charge in [0.05, 0.1) is 0 Å². The average Bonchev–Trinajstić information content (AvgIpc) is 2.26. The van der Waals surface area contributed by atoms with Crippen molar-refractivity contribution in [2.45, 2.75) is 39.5 Å². The van der Waals surface area contributed by atoms with Gasteiger partial charge < -0.3 is 10.6 Å². The maximum atomic E-state index is 4.47. The number of anilines is 2. The molecule has 0 aromatic carbocycles. The summed E-state index contributed by atoms with van der Waals surface area (Å²) in [5.74, 6) is 2.62. The summed E-state index contributed by atoms with van der Waals surface area (Å²) in [7, 11) is 0. The van der Waals surface area contributed by atoms with Crippen LogP contribution in [0.2, 0.25) is 0 Å². The molecule has 17 heavy (non-hydrogen) atoms. The van der Waals surface area contributed by atoms with Crippen molar-refractivity contribution < 1.29 is 0 Å². The van der Waals surface area contributed by atoms with Gasteiger partial charge in [-0.05, 0) is 26.2 Å². The van der Waals surface area contributed by atoms with Crippen molar-refractivity contribution in [3.05, 3.63) is 11.8 Å². The third kappa shape index (κ3) is 3.32. The zero-order valence-corrected chi connectivity index (χ0v) is 10.8. The normalized spacial score (nSPS) is 15.4. The maximum absolute atomic E-state index is 4.47. The molecule has 1 aliphatic carbocycles. The lowest BCUT2D eigenvalue weighted by molar-refractivity contribution is 0.303. The van der Waals surface area contributed by atoms with Crippen LogP contribution in [0.1, 0.15) is 38.2 Å². The van der Waals surface area contributed by atoms with Gasteiger partial charge in [0, 0.05) is 24.8 Å². The SMILES string of the molecule is CCNc1ncc(C)c(NCCC2CCC2)n1. The average molecular weight is 234 g/mol. The Morgan fingerprint density at radius 2 is 2.18 bits per heavy atom. The number of hydrogen-bond donors (Lipinski definition) is 2. The van der Waals surface area contributed by atoms with E-state index in [2.05, 4.69) is 20.6 Å². The number of aryl methyl sites for hydroxylation is 1. The van der Waals surface area contributed by atoms with Crippen molar-refractivity contribution in [1.82, 2.24) is 9.97 Å². The van der Waals surface area contributed by atoms with Gasteiger partial charge in [0.15, 0.2) is 0 Å². The highest BCUT2D eigenvalue weighted by Gasteiger charge is 2.16. The van der Waals surface area contributed by atoms with E-state index >= 15 is 0 Å². The summed E-state index contributed by atoms with van der Waals surface area (Å²) in [4.78, 5) is 8.71. The number of aromatic nitrogens is 2. The molecule has 1 aliphatic rings. The summed E-state index contributed by atoms with van der Waals surface area (Å²) >= 11 is 0. The Morgan fingerprint density at radius 1 is 1.35 bits per heavy atom. The molecule has 0 aliphatic heterocycles. The van der Waals surface area contributed by atoms with Crippen molar-refractivity contribution in [2.24, 2.45) is 5.92 Å². The molecule has 1 saturated carbocycles. The first-order valence-corrected chi connectivity index (χ1v) is 6.61. The van der Waals surface area contributed by atoms with Crippen LogP contribution >= 0.6 is 0 Å². The summed E-state index contributed by atoms with van der Waals surface area (Å²) in [6, 6.07) is 0. The van der Waals surface area contributed by atoms with Crippen molar-refractivity contribution in [1.29, 1.82) is 0 Å². The third-order valence-electron chi connectivity index (χ3n) is 3.38. The largest absolute Gasteiger partial charge is 0.370 e. The number of nitrogens with zero attached hydrogens (tertiary/aromatic N) is 2. The van der Waals surface area contributed by atoms with E-state index in [4.69, 9.17) is 0 Å². The van der Waals surface area contributed by atoms with Crippen molar-refractivity contribution in [2.75, 3.05) is 23.7 Å². The number of rotatable bonds is 6. The molecule has 4 heteroatoms. The second-order valence-corrected chi connectivity index (χ2v) is 4.77. The van der Waals surface area contributed by atoms with Gasteiger partial charge in [0.1, 0.15) is 5.82 Å². The van der Waals surface area contributed by atoms with E-state index in [1.165, 1.54) is 25.7 Å². The molecule has 1 heterocycles. The highest BCUT2D eigenvalue weighted by atomic mass is 15.1. The molecule has 0 amide bonds. The van der Waals surface area contributed by atoms with Crippen LogP contribution in [0.5, 0.6) is 0 Å². The van der Waals surface area contributed by atoms with Crippen LogP contribution in [0, 0.1) is 12.8 Å². The summed E-state index contributed by atoms with van der Waals surface area (Å²) in [6.45, 7) is 5.97. The van der Waals surface area contributed by atoms with Crippen LogP contribution in [0.3, 0.4) is 0 Å². The first-order valence-electron chi connectivity index (χ1n) is 6.61. The third-order valence-corrected chi connectivity index (χ3v) is 3.38. The van der Waals surface area contributed by atoms with Gasteiger partial charge in [-0.15, -0.1) is 0 Å². The second kappa shape index (κ2) is 5.84. The van der Waals surface area contributed by atoms with E-state index in [0.29, 0.717) is 5.95 Å². The van der Waals surface area contributed by atoms with Gasteiger partial charge in [-0.1, -0.05) is 19.3 Å². The molecule has 1 aromatic heterocycles. The van der Waals surface area contributed by atoms with Gasteiger partial charge in [-0.3, -0.25) is 0 Å². The molecule has 0 radical (unpaired) electrons.